The Balaban J connectivity index is 1.20. The molecule has 3 aromatic rings. The Labute approximate surface area is 222 Å². The standard InChI is InChI=1S/C28H28F3N3O5/c1-15-10-17(27(35)36)13-32-26(15)34-18-8-9-19(34)12-20(11-18)37-14-22-24(33-39-25(22)16-6-7-16)21-4-2-3-5-23(21)38-28(29,30)31/h2-5,10,13,16,18-20H,6-9,11-12,14H2,1H3,(H,35,36). The van der Waals surface area contributed by atoms with Gasteiger partial charge in [0.2, 0.25) is 0 Å². The van der Waals surface area contributed by atoms with Crippen LogP contribution in [0.1, 0.15) is 71.7 Å². The molecular weight excluding hydrogens is 515 g/mol. The molecule has 1 aliphatic carbocycles. The van der Waals surface area contributed by atoms with Gasteiger partial charge in [-0.05, 0) is 69.2 Å². The van der Waals surface area contributed by atoms with Crippen LogP contribution in [0.25, 0.3) is 11.3 Å². The molecule has 2 aromatic heterocycles. The van der Waals surface area contributed by atoms with E-state index in [1.807, 2.05) is 6.92 Å². The molecule has 206 valence electrons. The number of hydrogen-bond donors (Lipinski definition) is 1. The number of para-hydroxylation sites is 1. The van der Waals surface area contributed by atoms with Crippen LogP contribution in [0.2, 0.25) is 0 Å². The normalized spacial score (nSPS) is 22.8. The second-order valence-electron chi connectivity index (χ2n) is 10.6. The third-order valence-electron chi connectivity index (χ3n) is 7.83. The molecule has 39 heavy (non-hydrogen) atoms. The molecule has 6 rings (SSSR count). The van der Waals surface area contributed by atoms with Crippen LogP contribution < -0.4 is 9.64 Å². The summed E-state index contributed by atoms with van der Waals surface area (Å²) in [5, 5.41) is 13.4. The number of halogens is 3. The summed E-state index contributed by atoms with van der Waals surface area (Å²) in [6, 6.07) is 8.01. The number of piperidine rings is 1. The van der Waals surface area contributed by atoms with E-state index in [4.69, 9.17) is 9.26 Å². The van der Waals surface area contributed by atoms with Crippen LogP contribution in [0.4, 0.5) is 19.0 Å². The van der Waals surface area contributed by atoms with Crippen LogP contribution in [0.3, 0.4) is 0 Å². The number of aromatic nitrogens is 2. The van der Waals surface area contributed by atoms with Crippen LogP contribution in [0.15, 0.2) is 41.1 Å². The number of fused-ring (bicyclic) bond motifs is 2. The van der Waals surface area contributed by atoms with Crippen LogP contribution in [-0.2, 0) is 11.3 Å². The van der Waals surface area contributed by atoms with E-state index >= 15 is 0 Å². The van der Waals surface area contributed by atoms with Crippen molar-refractivity contribution < 1.29 is 37.1 Å². The lowest BCUT2D eigenvalue weighted by atomic mass is 9.98. The maximum absolute atomic E-state index is 13.1. The highest BCUT2D eigenvalue weighted by Crippen LogP contribution is 2.46. The first-order chi connectivity index (χ1) is 18.7. The summed E-state index contributed by atoms with van der Waals surface area (Å²) in [4.78, 5) is 18.1. The number of anilines is 1. The molecule has 2 unspecified atom stereocenters. The van der Waals surface area contributed by atoms with Crippen molar-refractivity contribution in [2.24, 2.45) is 0 Å². The Kier molecular flexibility index (Phi) is 6.49. The summed E-state index contributed by atoms with van der Waals surface area (Å²) < 4.78 is 55.5. The second kappa shape index (κ2) is 9.86. The summed E-state index contributed by atoms with van der Waals surface area (Å²) in [7, 11) is 0. The number of carbonyl (C=O) groups is 1. The van der Waals surface area contributed by atoms with Gasteiger partial charge >= 0.3 is 12.3 Å². The molecule has 0 amide bonds. The molecule has 4 heterocycles. The van der Waals surface area contributed by atoms with Gasteiger partial charge in [0.05, 0.1) is 18.3 Å². The van der Waals surface area contributed by atoms with Crippen molar-refractivity contribution in [3.63, 3.8) is 0 Å². The van der Waals surface area contributed by atoms with Crippen LogP contribution >= 0.6 is 0 Å². The maximum atomic E-state index is 13.1. The van der Waals surface area contributed by atoms with E-state index in [-0.39, 0.29) is 47.6 Å². The number of nitrogens with zero attached hydrogens (tertiary/aromatic N) is 3. The summed E-state index contributed by atoms with van der Waals surface area (Å²) in [5.41, 5.74) is 2.20. The minimum atomic E-state index is -4.83. The molecule has 3 fully saturated rings. The fourth-order valence-electron chi connectivity index (χ4n) is 5.98. The van der Waals surface area contributed by atoms with Crippen molar-refractivity contribution in [3.05, 3.63) is 59.0 Å². The molecule has 2 atom stereocenters. The van der Waals surface area contributed by atoms with Gasteiger partial charge in [-0.15, -0.1) is 13.2 Å². The predicted molar refractivity (Wildman–Crippen MR) is 134 cm³/mol. The van der Waals surface area contributed by atoms with E-state index in [9.17, 15) is 23.1 Å². The zero-order valence-corrected chi connectivity index (χ0v) is 21.3. The number of pyridine rings is 1. The highest BCUT2D eigenvalue weighted by molar-refractivity contribution is 5.87. The first kappa shape index (κ1) is 25.7. The molecule has 2 saturated heterocycles. The molecule has 8 nitrogen and oxygen atoms in total. The minimum Gasteiger partial charge on any atom is -0.478 e. The van der Waals surface area contributed by atoms with Gasteiger partial charge < -0.3 is 24.0 Å². The lowest BCUT2D eigenvalue weighted by molar-refractivity contribution is -0.274. The van der Waals surface area contributed by atoms with E-state index in [1.54, 1.807) is 18.2 Å². The van der Waals surface area contributed by atoms with E-state index in [0.717, 1.165) is 49.9 Å². The molecule has 11 heteroatoms. The quantitative estimate of drug-likeness (QED) is 0.357. The molecular formula is C28H28F3N3O5. The Bertz CT molecular complexity index is 1370. The average molecular weight is 544 g/mol. The first-order valence-electron chi connectivity index (χ1n) is 13.1. The number of aryl methyl sites for hydroxylation is 1. The van der Waals surface area contributed by atoms with Gasteiger partial charge in [-0.25, -0.2) is 9.78 Å². The highest BCUT2D eigenvalue weighted by Gasteiger charge is 2.43. The topological polar surface area (TPSA) is 97.9 Å². The largest absolute Gasteiger partial charge is 0.573 e. The fraction of sp³-hybridized carbons (Fsp3) is 0.464. The van der Waals surface area contributed by atoms with Crippen LogP contribution in [0.5, 0.6) is 5.75 Å². The van der Waals surface area contributed by atoms with Crippen molar-refractivity contribution in [1.82, 2.24) is 10.1 Å². The van der Waals surface area contributed by atoms with Crippen molar-refractivity contribution in [2.45, 2.75) is 82.5 Å². The summed E-state index contributed by atoms with van der Waals surface area (Å²) in [5.74, 6) is 0.347. The zero-order chi connectivity index (χ0) is 27.3. The van der Waals surface area contributed by atoms with Crippen molar-refractivity contribution in [2.75, 3.05) is 4.90 Å². The molecule has 2 bridgehead atoms. The molecule has 1 N–H and O–H groups in total. The second-order valence-corrected chi connectivity index (χ2v) is 10.6. The molecule has 0 radical (unpaired) electrons. The lowest BCUT2D eigenvalue weighted by Crippen LogP contribution is -2.46. The number of rotatable bonds is 8. The van der Waals surface area contributed by atoms with Gasteiger partial charge in [0.1, 0.15) is 23.0 Å². The van der Waals surface area contributed by atoms with Gasteiger partial charge in [-0.3, -0.25) is 0 Å². The van der Waals surface area contributed by atoms with Gasteiger partial charge in [0.15, 0.2) is 0 Å². The average Bonchev–Trinajstić information content (AvgIpc) is 3.59. The predicted octanol–water partition coefficient (Wildman–Crippen LogP) is 6.24. The number of carboxylic acid groups (broad SMARTS) is 1. The SMILES string of the molecule is Cc1cc(C(=O)O)cnc1N1C2CCC1CC(OCc1c(-c3ccccc3OC(F)(F)F)noc1C1CC1)C2. The molecule has 3 aliphatic rings. The van der Waals surface area contributed by atoms with Gasteiger partial charge in [0, 0.05) is 35.3 Å². The van der Waals surface area contributed by atoms with E-state index in [1.165, 1.54) is 18.3 Å². The van der Waals surface area contributed by atoms with Gasteiger partial charge in [0.25, 0.3) is 0 Å². The van der Waals surface area contributed by atoms with Crippen molar-refractivity contribution >= 4 is 11.8 Å². The van der Waals surface area contributed by atoms with Crippen LogP contribution in [0, 0.1) is 6.92 Å². The third kappa shape index (κ3) is 5.19. The van der Waals surface area contributed by atoms with Crippen molar-refractivity contribution in [1.29, 1.82) is 0 Å². The Morgan fingerprint density at radius 2 is 1.87 bits per heavy atom. The van der Waals surface area contributed by atoms with E-state index in [2.05, 4.69) is 19.8 Å². The van der Waals surface area contributed by atoms with E-state index < -0.39 is 12.3 Å². The Hall–Kier alpha value is -3.60. The monoisotopic (exact) mass is 543 g/mol. The van der Waals surface area contributed by atoms with E-state index in [0.29, 0.717) is 17.0 Å². The maximum Gasteiger partial charge on any atom is 0.573 e. The van der Waals surface area contributed by atoms with Crippen molar-refractivity contribution in [3.8, 4) is 17.0 Å². The lowest BCUT2D eigenvalue weighted by Gasteiger charge is -2.40. The number of carboxylic acids is 1. The summed E-state index contributed by atoms with van der Waals surface area (Å²) in [6.07, 6.45) is 1.92. The highest BCUT2D eigenvalue weighted by atomic mass is 19.4. The number of alkyl halides is 3. The molecule has 1 aromatic carbocycles. The number of benzene rings is 1. The Morgan fingerprint density at radius 1 is 1.15 bits per heavy atom. The van der Waals surface area contributed by atoms with Gasteiger partial charge in [-0.2, -0.15) is 0 Å². The number of aromatic carboxylic acids is 1. The molecule has 1 saturated carbocycles. The smallest absolute Gasteiger partial charge is 0.478 e. The Morgan fingerprint density at radius 3 is 2.51 bits per heavy atom. The molecule has 0 spiro atoms. The first-order valence-corrected chi connectivity index (χ1v) is 13.1. The minimum absolute atomic E-state index is 0.0474. The number of hydrogen-bond acceptors (Lipinski definition) is 7. The van der Waals surface area contributed by atoms with Gasteiger partial charge in [-0.1, -0.05) is 17.3 Å². The zero-order valence-electron chi connectivity index (χ0n) is 21.3. The fourth-order valence-corrected chi connectivity index (χ4v) is 5.98. The van der Waals surface area contributed by atoms with Crippen LogP contribution in [-0.4, -0.2) is 45.8 Å². The number of ether oxygens (including phenoxy) is 2. The molecule has 2 aliphatic heterocycles. The summed E-state index contributed by atoms with van der Waals surface area (Å²) >= 11 is 0. The summed E-state index contributed by atoms with van der Waals surface area (Å²) in [6.45, 7) is 2.06. The third-order valence-corrected chi connectivity index (χ3v) is 7.83.